The quantitative estimate of drug-likeness (QED) is 0.722. The number of ether oxygens (including phenoxy) is 4. The van der Waals surface area contributed by atoms with Crippen LogP contribution in [0.5, 0.6) is 5.75 Å². The van der Waals surface area contributed by atoms with Crippen molar-refractivity contribution in [3.05, 3.63) is 29.8 Å². The third kappa shape index (κ3) is 4.24. The Bertz CT molecular complexity index is 543. The zero-order valence-corrected chi connectivity index (χ0v) is 13.8. The van der Waals surface area contributed by atoms with Gasteiger partial charge in [0.15, 0.2) is 5.60 Å². The van der Waals surface area contributed by atoms with E-state index in [4.69, 9.17) is 18.9 Å². The van der Waals surface area contributed by atoms with E-state index in [0.717, 1.165) is 24.5 Å². The number of rotatable bonds is 7. The monoisotopic (exact) mass is 320 g/mol. The summed E-state index contributed by atoms with van der Waals surface area (Å²) in [6, 6.07) is 7.89. The van der Waals surface area contributed by atoms with Crippen LogP contribution in [0.2, 0.25) is 0 Å². The van der Waals surface area contributed by atoms with Gasteiger partial charge in [-0.15, -0.1) is 0 Å². The minimum absolute atomic E-state index is 0.143. The van der Waals surface area contributed by atoms with Gasteiger partial charge >= 0.3 is 5.97 Å². The van der Waals surface area contributed by atoms with Crippen molar-refractivity contribution in [1.82, 2.24) is 0 Å². The van der Waals surface area contributed by atoms with E-state index in [9.17, 15) is 4.79 Å². The van der Waals surface area contributed by atoms with Gasteiger partial charge in [0.25, 0.3) is 0 Å². The lowest BCUT2D eigenvalue weighted by Gasteiger charge is -2.37. The van der Waals surface area contributed by atoms with E-state index in [-0.39, 0.29) is 11.4 Å². The Labute approximate surface area is 136 Å². The number of carbonyl (C=O) groups is 1. The molecule has 0 amide bonds. The van der Waals surface area contributed by atoms with Crippen molar-refractivity contribution in [1.29, 1.82) is 0 Å². The van der Waals surface area contributed by atoms with Crippen LogP contribution in [0, 0.1) is 5.41 Å². The highest BCUT2D eigenvalue weighted by Gasteiger charge is 2.37. The molecule has 0 spiro atoms. The summed E-state index contributed by atoms with van der Waals surface area (Å²) in [5, 5.41) is 0. The first-order valence-electron chi connectivity index (χ1n) is 8.06. The predicted octanol–water partition coefficient (Wildman–Crippen LogP) is 2.37. The molecule has 126 valence electrons. The van der Waals surface area contributed by atoms with Crippen LogP contribution in [0.15, 0.2) is 24.3 Å². The van der Waals surface area contributed by atoms with Gasteiger partial charge in [-0.05, 0) is 31.0 Å². The van der Waals surface area contributed by atoms with Crippen LogP contribution in [-0.4, -0.2) is 44.6 Å². The Morgan fingerprint density at radius 2 is 1.74 bits per heavy atom. The molecule has 1 aromatic carbocycles. The van der Waals surface area contributed by atoms with Gasteiger partial charge in [0.05, 0.1) is 33.0 Å². The second-order valence-electron chi connectivity index (χ2n) is 7.15. The molecule has 0 bridgehead atoms. The molecule has 2 aliphatic heterocycles. The van der Waals surface area contributed by atoms with Crippen molar-refractivity contribution in [3.8, 4) is 5.75 Å². The highest BCUT2D eigenvalue weighted by Crippen LogP contribution is 2.27. The third-order valence-corrected chi connectivity index (χ3v) is 4.20. The Balaban J connectivity index is 1.41. The van der Waals surface area contributed by atoms with Gasteiger partial charge in [0, 0.05) is 11.8 Å². The average Bonchev–Trinajstić information content (AvgIpc) is 2.48. The highest BCUT2D eigenvalue weighted by molar-refractivity contribution is 5.70. The molecule has 0 aromatic heterocycles. The summed E-state index contributed by atoms with van der Waals surface area (Å²) in [5.74, 6) is 0.678. The summed E-state index contributed by atoms with van der Waals surface area (Å²) in [6.07, 6.45) is 1.05. The lowest BCUT2D eigenvalue weighted by Crippen LogP contribution is -2.50. The van der Waals surface area contributed by atoms with E-state index in [2.05, 4.69) is 6.92 Å². The second kappa shape index (κ2) is 6.49. The molecule has 2 fully saturated rings. The van der Waals surface area contributed by atoms with E-state index in [1.807, 2.05) is 31.2 Å². The molecule has 2 saturated heterocycles. The summed E-state index contributed by atoms with van der Waals surface area (Å²) >= 11 is 0. The molecule has 3 rings (SSSR count). The maximum absolute atomic E-state index is 11.8. The van der Waals surface area contributed by atoms with E-state index < -0.39 is 5.60 Å². The number of aryl methyl sites for hydroxylation is 1. The Kier molecular flexibility index (Phi) is 4.60. The predicted molar refractivity (Wildman–Crippen MR) is 84.5 cm³/mol. The molecule has 0 unspecified atom stereocenters. The summed E-state index contributed by atoms with van der Waals surface area (Å²) in [6.45, 7) is 7.23. The van der Waals surface area contributed by atoms with Crippen molar-refractivity contribution in [3.63, 3.8) is 0 Å². The zero-order valence-electron chi connectivity index (χ0n) is 13.8. The maximum Gasteiger partial charge on any atom is 0.306 e. The van der Waals surface area contributed by atoms with Crippen LogP contribution in [-0.2, 0) is 25.4 Å². The van der Waals surface area contributed by atoms with Crippen LogP contribution < -0.4 is 4.74 Å². The second-order valence-corrected chi connectivity index (χ2v) is 7.15. The molecule has 0 saturated carbocycles. The normalized spacial score (nSPS) is 21.0. The molecule has 5 heteroatoms. The summed E-state index contributed by atoms with van der Waals surface area (Å²) in [5.41, 5.74) is 0.822. The number of hydrogen-bond donors (Lipinski definition) is 0. The average molecular weight is 320 g/mol. The lowest BCUT2D eigenvalue weighted by molar-refractivity contribution is -0.206. The maximum atomic E-state index is 11.8. The van der Waals surface area contributed by atoms with Gasteiger partial charge in [0.1, 0.15) is 5.75 Å². The van der Waals surface area contributed by atoms with Crippen molar-refractivity contribution in [2.75, 3.05) is 33.0 Å². The van der Waals surface area contributed by atoms with Gasteiger partial charge in [-0.1, -0.05) is 19.1 Å². The molecule has 1 aromatic rings. The Morgan fingerprint density at radius 3 is 2.26 bits per heavy atom. The lowest BCUT2D eigenvalue weighted by atomic mass is 9.90. The minimum atomic E-state index is -0.421. The number of hydrogen-bond acceptors (Lipinski definition) is 5. The molecule has 2 heterocycles. The smallest absolute Gasteiger partial charge is 0.306 e. The standard InChI is InChI=1S/C18H24O5/c1-17(9-20-10-17)11-22-15-6-3-14(4-7-15)5-8-16(19)23-18(2)12-21-13-18/h3-4,6-7H,5,8-13H2,1-2H3. The fraction of sp³-hybridized carbons (Fsp3) is 0.611. The van der Waals surface area contributed by atoms with E-state index in [0.29, 0.717) is 32.7 Å². The van der Waals surface area contributed by atoms with Gasteiger partial charge in [-0.25, -0.2) is 0 Å². The molecule has 0 N–H and O–H groups in total. The zero-order chi connectivity index (χ0) is 16.3. The largest absolute Gasteiger partial charge is 0.493 e. The summed E-state index contributed by atoms with van der Waals surface area (Å²) in [4.78, 5) is 11.8. The topological polar surface area (TPSA) is 54.0 Å². The summed E-state index contributed by atoms with van der Waals surface area (Å²) in [7, 11) is 0. The molecular formula is C18H24O5. The SMILES string of the molecule is CC1(COc2ccc(CCC(=O)OC3(C)COC3)cc2)COC1. The third-order valence-electron chi connectivity index (χ3n) is 4.20. The van der Waals surface area contributed by atoms with Gasteiger partial charge < -0.3 is 18.9 Å². The van der Waals surface area contributed by atoms with Crippen LogP contribution in [0.1, 0.15) is 25.8 Å². The fourth-order valence-corrected chi connectivity index (χ4v) is 2.56. The highest BCUT2D eigenvalue weighted by atomic mass is 16.6. The molecule has 0 atom stereocenters. The molecular weight excluding hydrogens is 296 g/mol. The number of carbonyl (C=O) groups excluding carboxylic acids is 1. The molecule has 0 aliphatic carbocycles. The minimum Gasteiger partial charge on any atom is -0.493 e. The van der Waals surface area contributed by atoms with E-state index in [1.165, 1.54) is 0 Å². The van der Waals surface area contributed by atoms with Gasteiger partial charge in [-0.3, -0.25) is 4.79 Å². The molecule has 23 heavy (non-hydrogen) atoms. The number of benzene rings is 1. The Hall–Kier alpha value is -1.59. The van der Waals surface area contributed by atoms with Crippen LogP contribution in [0.4, 0.5) is 0 Å². The molecule has 2 aliphatic rings. The van der Waals surface area contributed by atoms with Crippen molar-refractivity contribution in [2.24, 2.45) is 5.41 Å². The first-order chi connectivity index (χ1) is 11.0. The van der Waals surface area contributed by atoms with Crippen LogP contribution >= 0.6 is 0 Å². The van der Waals surface area contributed by atoms with Crippen LogP contribution in [0.25, 0.3) is 0 Å². The van der Waals surface area contributed by atoms with Gasteiger partial charge in [-0.2, -0.15) is 0 Å². The van der Waals surface area contributed by atoms with Crippen molar-refractivity contribution >= 4 is 5.97 Å². The van der Waals surface area contributed by atoms with E-state index in [1.54, 1.807) is 0 Å². The first kappa shape index (κ1) is 16.3. The number of esters is 1. The summed E-state index contributed by atoms with van der Waals surface area (Å²) < 4.78 is 21.5. The van der Waals surface area contributed by atoms with Gasteiger partial charge in [0.2, 0.25) is 0 Å². The molecule has 0 radical (unpaired) electrons. The first-order valence-corrected chi connectivity index (χ1v) is 8.06. The Morgan fingerprint density at radius 1 is 1.09 bits per heavy atom. The van der Waals surface area contributed by atoms with Crippen molar-refractivity contribution in [2.45, 2.75) is 32.3 Å². The fourth-order valence-electron chi connectivity index (χ4n) is 2.56. The van der Waals surface area contributed by atoms with E-state index >= 15 is 0 Å². The van der Waals surface area contributed by atoms with Crippen LogP contribution in [0.3, 0.4) is 0 Å². The molecule has 5 nitrogen and oxygen atoms in total. The van der Waals surface area contributed by atoms with Crippen molar-refractivity contribution < 1.29 is 23.7 Å².